The zero-order valence-corrected chi connectivity index (χ0v) is 17.8. The smallest absolute Gasteiger partial charge is 0.334 e. The van der Waals surface area contributed by atoms with E-state index in [4.69, 9.17) is 22.7 Å². The van der Waals surface area contributed by atoms with Gasteiger partial charge in [0.2, 0.25) is 5.69 Å². The number of hydrogen-bond donors (Lipinski definition) is 0. The standard InChI is InChI=1S/C21H12ClF6N5O/c1-3-16-31-18-14(5-4-13(29-2)17(18)22)33(16)9-15-30-19(34-32-15)10-6-11(20(23,24)25)8-12(7-10)21(26,27)28/h4-8H,3,9H2,1H3. The highest BCUT2D eigenvalue weighted by atomic mass is 35.5. The lowest BCUT2D eigenvalue weighted by atomic mass is 10.0. The first-order valence-corrected chi connectivity index (χ1v) is 9.97. The summed E-state index contributed by atoms with van der Waals surface area (Å²) >= 11 is 6.25. The third-order valence-electron chi connectivity index (χ3n) is 4.96. The number of nitrogens with zero attached hydrogens (tertiary/aromatic N) is 5. The number of benzene rings is 2. The molecule has 0 N–H and O–H groups in total. The number of fused-ring (bicyclic) bond motifs is 1. The largest absolute Gasteiger partial charge is 0.416 e. The van der Waals surface area contributed by atoms with Gasteiger partial charge in [0.15, 0.2) is 5.82 Å². The van der Waals surface area contributed by atoms with Crippen molar-refractivity contribution in [3.05, 3.63) is 69.5 Å². The van der Waals surface area contributed by atoms with Gasteiger partial charge in [-0.15, -0.1) is 0 Å². The van der Waals surface area contributed by atoms with Gasteiger partial charge in [-0.25, -0.2) is 9.83 Å². The molecule has 0 unspecified atom stereocenters. The molecule has 0 aliphatic rings. The molecule has 4 rings (SSSR count). The van der Waals surface area contributed by atoms with Crippen molar-refractivity contribution in [1.29, 1.82) is 0 Å². The van der Waals surface area contributed by atoms with Crippen LogP contribution in [0.3, 0.4) is 0 Å². The maximum atomic E-state index is 13.2. The third-order valence-corrected chi connectivity index (χ3v) is 5.33. The Morgan fingerprint density at radius 2 is 1.68 bits per heavy atom. The zero-order chi connectivity index (χ0) is 24.8. The average molecular weight is 500 g/mol. The van der Waals surface area contributed by atoms with Crippen LogP contribution in [-0.2, 0) is 25.3 Å². The number of alkyl halides is 6. The number of imidazole rings is 1. The summed E-state index contributed by atoms with van der Waals surface area (Å²) in [5.41, 5.74) is -2.35. The maximum absolute atomic E-state index is 13.2. The molecule has 2 aromatic heterocycles. The molecule has 13 heteroatoms. The molecule has 176 valence electrons. The number of aryl methyl sites for hydroxylation is 1. The molecule has 0 aliphatic heterocycles. The molecule has 0 bridgehead atoms. The second-order valence-corrected chi connectivity index (χ2v) is 7.53. The lowest BCUT2D eigenvalue weighted by Crippen LogP contribution is -2.11. The van der Waals surface area contributed by atoms with Crippen LogP contribution in [0.1, 0.15) is 29.7 Å². The van der Waals surface area contributed by atoms with E-state index in [0.717, 1.165) is 0 Å². The van der Waals surface area contributed by atoms with Crippen molar-refractivity contribution in [2.45, 2.75) is 32.2 Å². The summed E-state index contributed by atoms with van der Waals surface area (Å²) in [6.45, 7) is 8.95. The molecule has 0 radical (unpaired) electrons. The van der Waals surface area contributed by atoms with Crippen molar-refractivity contribution in [3.8, 4) is 11.5 Å². The summed E-state index contributed by atoms with van der Waals surface area (Å²) in [5, 5.41) is 3.88. The topological polar surface area (TPSA) is 61.1 Å². The lowest BCUT2D eigenvalue weighted by Gasteiger charge is -2.12. The minimum absolute atomic E-state index is 0.000323. The first-order chi connectivity index (χ1) is 15.9. The summed E-state index contributed by atoms with van der Waals surface area (Å²) in [4.78, 5) is 11.8. The molecule has 0 fully saturated rings. The Hall–Kier alpha value is -3.59. The third kappa shape index (κ3) is 4.31. The molecular weight excluding hydrogens is 488 g/mol. The minimum atomic E-state index is -5.01. The highest BCUT2D eigenvalue weighted by Crippen LogP contribution is 2.38. The summed E-state index contributed by atoms with van der Waals surface area (Å²) in [7, 11) is 0. The Balaban J connectivity index is 1.75. The van der Waals surface area contributed by atoms with Crippen LogP contribution in [0.15, 0.2) is 34.9 Å². The molecule has 6 nitrogen and oxygen atoms in total. The first kappa shape index (κ1) is 23.6. The van der Waals surface area contributed by atoms with Gasteiger partial charge in [-0.05, 0) is 24.3 Å². The second-order valence-electron chi connectivity index (χ2n) is 7.16. The molecule has 0 amide bonds. The number of rotatable bonds is 4. The monoisotopic (exact) mass is 499 g/mol. The first-order valence-electron chi connectivity index (χ1n) is 9.60. The fourth-order valence-corrected chi connectivity index (χ4v) is 3.63. The summed E-state index contributed by atoms with van der Waals surface area (Å²) in [6, 6.07) is 4.19. The average Bonchev–Trinajstić information content (AvgIpc) is 3.38. The van der Waals surface area contributed by atoms with Gasteiger partial charge in [0.25, 0.3) is 5.89 Å². The highest BCUT2D eigenvalue weighted by Gasteiger charge is 2.37. The van der Waals surface area contributed by atoms with E-state index in [9.17, 15) is 26.3 Å². The molecule has 0 saturated heterocycles. The number of hydrogen-bond acceptors (Lipinski definition) is 4. The normalized spacial score (nSPS) is 12.3. The molecule has 2 heterocycles. The van der Waals surface area contributed by atoms with E-state index in [1.165, 1.54) is 6.07 Å². The lowest BCUT2D eigenvalue weighted by molar-refractivity contribution is -0.143. The summed E-state index contributed by atoms with van der Waals surface area (Å²) < 4.78 is 85.6. The van der Waals surface area contributed by atoms with Gasteiger partial charge in [0.05, 0.1) is 40.3 Å². The predicted octanol–water partition coefficient (Wildman–Crippen LogP) is 6.94. The molecular formula is C21H12ClF6N5O. The Morgan fingerprint density at radius 3 is 2.24 bits per heavy atom. The van der Waals surface area contributed by atoms with Crippen LogP contribution in [0.2, 0.25) is 5.02 Å². The predicted molar refractivity (Wildman–Crippen MR) is 109 cm³/mol. The van der Waals surface area contributed by atoms with E-state index in [-0.39, 0.29) is 29.1 Å². The zero-order valence-electron chi connectivity index (χ0n) is 17.1. The Morgan fingerprint density at radius 1 is 1.03 bits per heavy atom. The van der Waals surface area contributed by atoms with Gasteiger partial charge in [0.1, 0.15) is 5.82 Å². The van der Waals surface area contributed by atoms with Crippen molar-refractivity contribution in [2.75, 3.05) is 0 Å². The molecule has 2 aromatic carbocycles. The molecule has 0 aliphatic carbocycles. The van der Waals surface area contributed by atoms with Gasteiger partial charge < -0.3 is 9.09 Å². The van der Waals surface area contributed by atoms with Crippen LogP contribution in [0.4, 0.5) is 32.0 Å². The van der Waals surface area contributed by atoms with Crippen LogP contribution in [-0.4, -0.2) is 19.7 Å². The van der Waals surface area contributed by atoms with Gasteiger partial charge in [-0.1, -0.05) is 29.7 Å². The van der Waals surface area contributed by atoms with E-state index in [2.05, 4.69) is 20.0 Å². The van der Waals surface area contributed by atoms with Crippen molar-refractivity contribution < 1.29 is 30.9 Å². The van der Waals surface area contributed by atoms with Gasteiger partial charge in [0, 0.05) is 12.0 Å². The summed E-state index contributed by atoms with van der Waals surface area (Å²) in [5.74, 6) is 0.0616. The van der Waals surface area contributed by atoms with Gasteiger partial charge >= 0.3 is 12.4 Å². The van der Waals surface area contributed by atoms with E-state index in [1.807, 2.05) is 6.92 Å². The van der Waals surface area contributed by atoms with E-state index in [0.29, 0.717) is 35.4 Å². The maximum Gasteiger partial charge on any atom is 0.416 e. The SMILES string of the molecule is [C-]#[N+]c1ccc2c(nc(CC)n2Cc2noc(-c3cc(C(F)(F)F)cc(C(F)(F)F)c3)n2)c1Cl. The highest BCUT2D eigenvalue weighted by molar-refractivity contribution is 6.37. The van der Waals surface area contributed by atoms with Crippen LogP contribution in [0.25, 0.3) is 27.3 Å². The Kier molecular flexibility index (Phi) is 5.77. The Bertz CT molecular complexity index is 1400. The van der Waals surface area contributed by atoms with Crippen molar-refractivity contribution >= 4 is 28.3 Å². The molecule has 34 heavy (non-hydrogen) atoms. The Labute approximate surface area is 192 Å². The minimum Gasteiger partial charge on any atom is -0.334 e. The van der Waals surface area contributed by atoms with Crippen LogP contribution >= 0.6 is 11.6 Å². The van der Waals surface area contributed by atoms with Gasteiger partial charge in [-0.3, -0.25) is 0 Å². The van der Waals surface area contributed by atoms with E-state index in [1.54, 1.807) is 10.6 Å². The van der Waals surface area contributed by atoms with Crippen molar-refractivity contribution in [2.24, 2.45) is 0 Å². The summed E-state index contributed by atoms with van der Waals surface area (Å²) in [6.07, 6.45) is -9.55. The van der Waals surface area contributed by atoms with Crippen LogP contribution in [0, 0.1) is 6.57 Å². The van der Waals surface area contributed by atoms with E-state index >= 15 is 0 Å². The molecule has 0 atom stereocenters. The molecule has 0 spiro atoms. The number of halogens is 7. The van der Waals surface area contributed by atoms with Crippen molar-refractivity contribution in [3.63, 3.8) is 0 Å². The fraction of sp³-hybridized carbons (Fsp3) is 0.238. The van der Waals surface area contributed by atoms with E-state index < -0.39 is 34.9 Å². The van der Waals surface area contributed by atoms with Gasteiger partial charge in [-0.2, -0.15) is 31.3 Å². The molecule has 4 aromatic rings. The quantitative estimate of drug-likeness (QED) is 0.225. The molecule has 0 saturated carbocycles. The second kappa shape index (κ2) is 8.32. The fourth-order valence-electron chi connectivity index (χ4n) is 3.38. The van der Waals surface area contributed by atoms with Crippen LogP contribution in [0.5, 0.6) is 0 Å². The number of aromatic nitrogens is 4. The van der Waals surface area contributed by atoms with Crippen molar-refractivity contribution in [1.82, 2.24) is 19.7 Å². The van der Waals surface area contributed by atoms with Crippen LogP contribution < -0.4 is 0 Å².